The van der Waals surface area contributed by atoms with Gasteiger partial charge in [-0.25, -0.2) is 0 Å². The summed E-state index contributed by atoms with van der Waals surface area (Å²) in [5.41, 5.74) is -1.36. The van der Waals surface area contributed by atoms with Crippen LogP contribution >= 0.6 is 15.9 Å². The Labute approximate surface area is 209 Å². The average molecular weight is 558 g/mol. The molecule has 35 heavy (non-hydrogen) atoms. The summed E-state index contributed by atoms with van der Waals surface area (Å²) < 4.78 is 40.9. The first-order valence-electron chi connectivity index (χ1n) is 11.4. The molecule has 0 radical (unpaired) electrons. The van der Waals surface area contributed by atoms with Crippen molar-refractivity contribution < 1.29 is 27.9 Å². The summed E-state index contributed by atoms with van der Waals surface area (Å²) in [6, 6.07) is 4.32. The van der Waals surface area contributed by atoms with Crippen LogP contribution in [-0.4, -0.2) is 63.3 Å². The Balaban J connectivity index is 1.18. The zero-order chi connectivity index (χ0) is 25.4. The molecule has 0 unspecified atom stereocenters. The molecule has 0 bridgehead atoms. The fourth-order valence-electron chi connectivity index (χ4n) is 4.74. The molecule has 190 valence electrons. The topological polar surface area (TPSA) is 99.5 Å². The number of hydrogen-bond donors (Lipinski definition) is 3. The van der Waals surface area contributed by atoms with E-state index in [-0.39, 0.29) is 18.2 Å². The van der Waals surface area contributed by atoms with Crippen molar-refractivity contribution in [2.45, 2.75) is 49.5 Å². The number of likely N-dealkylation sites (tertiary alicyclic amines) is 1. The smallest absolute Gasteiger partial charge is 0.383 e. The van der Waals surface area contributed by atoms with E-state index in [1.165, 1.54) is 6.07 Å². The van der Waals surface area contributed by atoms with Gasteiger partial charge in [-0.05, 0) is 59.8 Å². The minimum atomic E-state index is -4.55. The van der Waals surface area contributed by atoms with Crippen LogP contribution in [0.1, 0.15) is 47.3 Å². The molecular weight excluding hydrogens is 531 g/mol. The Bertz CT molecular complexity index is 1090. The number of aliphatic hydroxyl groups is 1. The van der Waals surface area contributed by atoms with E-state index < -0.39 is 29.2 Å². The molecule has 1 saturated carbocycles. The lowest BCUT2D eigenvalue weighted by Crippen LogP contribution is -2.63. The Morgan fingerprint density at radius 3 is 2.54 bits per heavy atom. The van der Waals surface area contributed by atoms with Gasteiger partial charge in [-0.1, -0.05) is 6.07 Å². The number of carbonyl (C=O) groups is 2. The molecule has 1 aliphatic heterocycles. The van der Waals surface area contributed by atoms with Gasteiger partial charge in [-0.3, -0.25) is 19.2 Å². The summed E-state index contributed by atoms with van der Waals surface area (Å²) in [5, 5.41) is 20.7. The highest BCUT2D eigenvalue weighted by molar-refractivity contribution is 9.10. The minimum Gasteiger partial charge on any atom is -0.383 e. The molecule has 2 aliphatic rings. The normalized spacial score (nSPS) is 23.5. The second kappa shape index (κ2) is 9.90. The van der Waals surface area contributed by atoms with Gasteiger partial charge in [0.05, 0.1) is 22.6 Å². The number of carbonyl (C=O) groups excluding carboxylic acids is 2. The maximum absolute atomic E-state index is 12.8. The largest absolute Gasteiger partial charge is 0.416 e. The number of hydrogen-bond acceptors (Lipinski definition) is 5. The third kappa shape index (κ3) is 5.87. The van der Waals surface area contributed by atoms with Crippen LogP contribution in [0, 0.1) is 0 Å². The number of halogens is 4. The van der Waals surface area contributed by atoms with E-state index in [4.69, 9.17) is 0 Å². The van der Waals surface area contributed by atoms with Crippen molar-refractivity contribution in [3.8, 4) is 0 Å². The quantitative estimate of drug-likeness (QED) is 0.507. The molecule has 2 fully saturated rings. The second-order valence-electron chi connectivity index (χ2n) is 9.24. The van der Waals surface area contributed by atoms with Gasteiger partial charge in [0, 0.05) is 37.9 Å². The molecule has 3 N–H and O–H groups in total. The number of aromatic nitrogens is 2. The van der Waals surface area contributed by atoms with Crippen molar-refractivity contribution in [2.75, 3.05) is 19.6 Å². The van der Waals surface area contributed by atoms with E-state index in [9.17, 15) is 27.9 Å². The van der Waals surface area contributed by atoms with Crippen LogP contribution in [0.25, 0.3) is 0 Å². The molecule has 8 nitrogen and oxygen atoms in total. The van der Waals surface area contributed by atoms with Crippen molar-refractivity contribution in [3.05, 3.63) is 51.8 Å². The number of rotatable bonds is 6. The van der Waals surface area contributed by atoms with Crippen LogP contribution < -0.4 is 10.6 Å². The van der Waals surface area contributed by atoms with Gasteiger partial charge in [0.15, 0.2) is 0 Å². The minimum absolute atomic E-state index is 0.0568. The van der Waals surface area contributed by atoms with Crippen molar-refractivity contribution in [3.63, 3.8) is 0 Å². The number of amides is 2. The maximum Gasteiger partial charge on any atom is 0.416 e. The van der Waals surface area contributed by atoms with Crippen LogP contribution in [0.15, 0.2) is 34.9 Å². The molecule has 1 aliphatic carbocycles. The third-order valence-corrected chi connectivity index (χ3v) is 7.24. The molecule has 2 aromatic rings. The molecule has 12 heteroatoms. The van der Waals surface area contributed by atoms with E-state index in [0.717, 1.165) is 35.5 Å². The van der Waals surface area contributed by atoms with Crippen molar-refractivity contribution in [1.82, 2.24) is 25.3 Å². The monoisotopic (exact) mass is 557 g/mol. The zero-order valence-electron chi connectivity index (χ0n) is 19.1. The van der Waals surface area contributed by atoms with E-state index in [1.54, 1.807) is 4.68 Å². The summed E-state index contributed by atoms with van der Waals surface area (Å²) in [7, 11) is 1.81. The Hall–Kier alpha value is -2.44. The molecule has 0 atom stereocenters. The highest BCUT2D eigenvalue weighted by atomic mass is 79.9. The molecule has 2 heterocycles. The van der Waals surface area contributed by atoms with E-state index >= 15 is 0 Å². The second-order valence-corrected chi connectivity index (χ2v) is 10.1. The number of alkyl halides is 3. The van der Waals surface area contributed by atoms with Crippen molar-refractivity contribution >= 4 is 27.7 Å². The summed E-state index contributed by atoms with van der Waals surface area (Å²) >= 11 is 3.47. The Morgan fingerprint density at radius 2 is 1.94 bits per heavy atom. The van der Waals surface area contributed by atoms with Crippen molar-refractivity contribution in [1.29, 1.82) is 0 Å². The van der Waals surface area contributed by atoms with Gasteiger partial charge < -0.3 is 15.7 Å². The summed E-state index contributed by atoms with van der Waals surface area (Å²) in [6.07, 6.45) is 0.103. The fourth-order valence-corrected chi connectivity index (χ4v) is 5.48. The highest BCUT2D eigenvalue weighted by Crippen LogP contribution is 2.41. The zero-order valence-corrected chi connectivity index (χ0v) is 20.7. The van der Waals surface area contributed by atoms with Crippen LogP contribution in [0.2, 0.25) is 0 Å². The first-order chi connectivity index (χ1) is 16.4. The van der Waals surface area contributed by atoms with Gasteiger partial charge in [0.1, 0.15) is 11.3 Å². The lowest BCUT2D eigenvalue weighted by Gasteiger charge is -2.48. The van der Waals surface area contributed by atoms with Gasteiger partial charge in [-0.15, -0.1) is 0 Å². The van der Waals surface area contributed by atoms with Gasteiger partial charge in [0.2, 0.25) is 5.91 Å². The number of nitrogens with one attached hydrogen (secondary N) is 2. The Kier molecular flexibility index (Phi) is 7.26. The lowest BCUT2D eigenvalue weighted by atomic mass is 9.79. The van der Waals surface area contributed by atoms with Gasteiger partial charge in [0.25, 0.3) is 5.91 Å². The Morgan fingerprint density at radius 1 is 1.26 bits per heavy atom. The summed E-state index contributed by atoms with van der Waals surface area (Å²) in [5.74, 6) is -1.14. The van der Waals surface area contributed by atoms with E-state index in [0.29, 0.717) is 37.7 Å². The summed E-state index contributed by atoms with van der Waals surface area (Å²) in [4.78, 5) is 26.6. The molecule has 1 aromatic carbocycles. The van der Waals surface area contributed by atoms with E-state index in [2.05, 4.69) is 36.6 Å². The van der Waals surface area contributed by atoms with Crippen LogP contribution in [-0.2, 0) is 23.6 Å². The number of aryl methyl sites for hydroxylation is 1. The molecule has 1 saturated heterocycles. The molecule has 4 rings (SSSR count). The SMILES string of the molecule is Cn1cc(Br)c(C2(O)CCC(N3CC(NC(=O)CNC(=O)c4cccc(C(F)(F)F)c4)C3)CC2)n1. The molecule has 1 aromatic heterocycles. The standard InChI is InChI=1S/C23H27BrF3N5O3/c1-31-13-18(24)20(30-31)22(35)7-5-17(6-8-22)32-11-16(12-32)29-19(33)10-28-21(34)14-3-2-4-15(9-14)23(25,26)27/h2-4,9,13,16-17,35H,5-8,10-12H2,1H3,(H,28,34)(H,29,33). The first kappa shape index (κ1) is 25.6. The summed E-state index contributed by atoms with van der Waals surface area (Å²) in [6.45, 7) is 1.02. The van der Waals surface area contributed by atoms with Crippen LogP contribution in [0.5, 0.6) is 0 Å². The molecule has 0 spiro atoms. The number of benzene rings is 1. The maximum atomic E-state index is 12.8. The lowest BCUT2D eigenvalue weighted by molar-refractivity contribution is -0.137. The van der Waals surface area contributed by atoms with Gasteiger partial charge in [-0.2, -0.15) is 18.3 Å². The van der Waals surface area contributed by atoms with Crippen molar-refractivity contribution in [2.24, 2.45) is 7.05 Å². The predicted molar refractivity (Wildman–Crippen MR) is 124 cm³/mol. The third-order valence-electron chi connectivity index (χ3n) is 6.66. The predicted octanol–water partition coefficient (Wildman–Crippen LogP) is 2.56. The highest BCUT2D eigenvalue weighted by Gasteiger charge is 2.42. The average Bonchev–Trinajstić information content (AvgIpc) is 3.13. The molecular formula is C23H27BrF3N5O3. The molecule has 2 amide bonds. The van der Waals surface area contributed by atoms with Crippen LogP contribution in [0.4, 0.5) is 13.2 Å². The van der Waals surface area contributed by atoms with Gasteiger partial charge >= 0.3 is 6.18 Å². The first-order valence-corrected chi connectivity index (χ1v) is 12.1. The fraction of sp³-hybridized carbons (Fsp3) is 0.522. The number of nitrogens with zero attached hydrogens (tertiary/aromatic N) is 3. The van der Waals surface area contributed by atoms with E-state index in [1.807, 2.05) is 13.2 Å². The van der Waals surface area contributed by atoms with Crippen LogP contribution in [0.3, 0.4) is 0 Å².